The Morgan fingerprint density at radius 3 is 2.10 bits per heavy atom. The molecule has 0 bridgehead atoms. The molecule has 0 heterocycles. The summed E-state index contributed by atoms with van der Waals surface area (Å²) in [6.45, 7) is 0.525. The minimum absolute atomic E-state index is 0.525. The molecule has 0 amide bonds. The number of aryl methyl sites for hydroxylation is 1. The first-order valence-electron chi connectivity index (χ1n) is 5.73. The Hall–Kier alpha value is -1.24. The van der Waals surface area contributed by atoms with Crippen LogP contribution in [0.25, 0.3) is 0 Å². The van der Waals surface area contributed by atoms with Crippen LogP contribution in [0.1, 0.15) is 12.0 Å². The van der Waals surface area contributed by atoms with Gasteiger partial charge in [0.25, 0.3) is 0 Å². The highest BCUT2D eigenvalue weighted by molar-refractivity contribution is 6.30. The van der Waals surface area contributed by atoms with Crippen LogP contribution in [0.4, 0.5) is 13.2 Å². The Morgan fingerprint density at radius 2 is 1.76 bits per heavy atom. The highest BCUT2D eigenvalue weighted by atomic mass is 35.5. The molecule has 1 aromatic carbocycles. The van der Waals surface area contributed by atoms with Gasteiger partial charge in [-0.05, 0) is 36.1 Å². The Balaban J connectivity index is 0.000000486. The van der Waals surface area contributed by atoms with E-state index in [1.165, 1.54) is 5.56 Å². The molecule has 0 saturated heterocycles. The summed E-state index contributed by atoms with van der Waals surface area (Å²) in [5.74, 6) is -2.76. The molecule has 1 rings (SSSR count). The van der Waals surface area contributed by atoms with Crippen LogP contribution in [0.3, 0.4) is 0 Å². The first kappa shape index (κ1) is 19.8. The fourth-order valence-corrected chi connectivity index (χ4v) is 1.48. The van der Waals surface area contributed by atoms with Crippen molar-refractivity contribution in [1.29, 1.82) is 0 Å². The van der Waals surface area contributed by atoms with Crippen LogP contribution in [0.5, 0.6) is 0 Å². The van der Waals surface area contributed by atoms with Crippen LogP contribution in [0, 0.1) is 0 Å². The lowest BCUT2D eigenvalue weighted by atomic mass is 10.1. The third-order valence-electron chi connectivity index (χ3n) is 2.31. The molecule has 0 aliphatic carbocycles. The van der Waals surface area contributed by atoms with Gasteiger partial charge in [-0.2, -0.15) is 13.2 Å². The maximum atomic E-state index is 10.6. The van der Waals surface area contributed by atoms with Crippen LogP contribution >= 0.6 is 23.2 Å². The third kappa shape index (κ3) is 9.33. The number of aliphatic carboxylic acids is 1. The van der Waals surface area contributed by atoms with E-state index in [2.05, 4.69) is 0 Å². The molecule has 0 radical (unpaired) electrons. The summed E-state index contributed by atoms with van der Waals surface area (Å²) in [6.07, 6.45) is -3.23. The first-order valence-corrected chi connectivity index (χ1v) is 6.55. The van der Waals surface area contributed by atoms with Gasteiger partial charge in [0, 0.05) is 17.1 Å². The van der Waals surface area contributed by atoms with Crippen molar-refractivity contribution in [1.82, 2.24) is 0 Å². The zero-order valence-corrected chi connectivity index (χ0v) is 12.3. The summed E-state index contributed by atoms with van der Waals surface area (Å²) in [6, 6.07) is 7.82. The van der Waals surface area contributed by atoms with E-state index in [0.29, 0.717) is 6.54 Å². The van der Waals surface area contributed by atoms with Crippen molar-refractivity contribution in [2.75, 3.05) is 6.54 Å². The molecule has 0 aliphatic rings. The molecule has 8 heteroatoms. The summed E-state index contributed by atoms with van der Waals surface area (Å²) < 4.78 is 31.7. The summed E-state index contributed by atoms with van der Waals surface area (Å²) in [4.78, 5) is 8.90. The number of alkyl halides is 3. The number of rotatable bonds is 4. The Labute approximate surface area is 130 Å². The van der Waals surface area contributed by atoms with E-state index in [9.17, 15) is 13.2 Å². The van der Waals surface area contributed by atoms with E-state index < -0.39 is 12.1 Å². The monoisotopic (exact) mass is 343 g/mol. The predicted octanol–water partition coefficient (Wildman–Crippen LogP) is 3.99. The summed E-state index contributed by atoms with van der Waals surface area (Å²) in [5.41, 5.74) is 9.38. The molecule has 118 valence electrons. The van der Waals surface area contributed by atoms with Crippen LogP contribution in [0.15, 0.2) is 35.4 Å². The average Bonchev–Trinajstić information content (AvgIpc) is 2.41. The molecule has 0 spiro atoms. The summed E-state index contributed by atoms with van der Waals surface area (Å²) in [7, 11) is 0. The number of carbonyl (C=O) groups is 1. The minimum Gasteiger partial charge on any atom is -0.475 e. The molecule has 3 nitrogen and oxygen atoms in total. The van der Waals surface area contributed by atoms with Crippen molar-refractivity contribution >= 4 is 29.2 Å². The average molecular weight is 344 g/mol. The van der Waals surface area contributed by atoms with Gasteiger partial charge in [-0.15, -0.1) is 0 Å². The number of nitrogens with two attached hydrogens (primary N) is 1. The van der Waals surface area contributed by atoms with E-state index >= 15 is 0 Å². The molecule has 0 unspecified atom stereocenters. The second kappa shape index (κ2) is 9.65. The van der Waals surface area contributed by atoms with Crippen molar-refractivity contribution in [2.24, 2.45) is 5.73 Å². The number of benzene rings is 1. The highest BCUT2D eigenvalue weighted by Gasteiger charge is 2.38. The molecule has 21 heavy (non-hydrogen) atoms. The van der Waals surface area contributed by atoms with Crippen LogP contribution in [-0.2, 0) is 11.2 Å². The van der Waals surface area contributed by atoms with Gasteiger partial charge in [0.05, 0.1) is 0 Å². The van der Waals surface area contributed by atoms with E-state index in [-0.39, 0.29) is 0 Å². The highest BCUT2D eigenvalue weighted by Crippen LogP contribution is 2.14. The smallest absolute Gasteiger partial charge is 0.475 e. The maximum Gasteiger partial charge on any atom is 0.490 e. The topological polar surface area (TPSA) is 63.3 Å². The van der Waals surface area contributed by atoms with Crippen LogP contribution < -0.4 is 5.73 Å². The standard InChI is InChI=1S/C11H13Cl2N.C2HF3O2/c12-7-10(8-14)2-1-9-3-5-11(13)6-4-9;3-2(4,5)1(6)7/h3-7H,1-2,8,14H2;(H,6,7)/b10-7+;. The maximum absolute atomic E-state index is 10.6. The molecule has 0 atom stereocenters. The summed E-state index contributed by atoms with van der Waals surface area (Å²) >= 11 is 11.4. The number of carboxylic acid groups (broad SMARTS) is 1. The Morgan fingerprint density at radius 1 is 1.29 bits per heavy atom. The van der Waals surface area contributed by atoms with E-state index in [4.69, 9.17) is 38.8 Å². The zero-order valence-electron chi connectivity index (χ0n) is 10.8. The van der Waals surface area contributed by atoms with Gasteiger partial charge in [-0.25, -0.2) is 4.79 Å². The largest absolute Gasteiger partial charge is 0.490 e. The molecule has 0 aliphatic heterocycles. The van der Waals surface area contributed by atoms with E-state index in [1.54, 1.807) is 5.54 Å². The molecular formula is C13H14Cl2F3NO2. The van der Waals surface area contributed by atoms with Gasteiger partial charge < -0.3 is 10.8 Å². The second-order valence-electron chi connectivity index (χ2n) is 3.90. The molecular weight excluding hydrogens is 330 g/mol. The lowest BCUT2D eigenvalue weighted by Crippen LogP contribution is -2.21. The quantitative estimate of drug-likeness (QED) is 0.868. The normalized spacial score (nSPS) is 11.6. The Kier molecular flexibility index (Phi) is 9.08. The van der Waals surface area contributed by atoms with Gasteiger partial charge in [-0.3, -0.25) is 0 Å². The van der Waals surface area contributed by atoms with Crippen LogP contribution in [-0.4, -0.2) is 23.8 Å². The molecule has 0 fully saturated rings. The Bertz CT molecular complexity index is 473. The molecule has 0 saturated carbocycles. The van der Waals surface area contributed by atoms with Gasteiger partial charge in [0.2, 0.25) is 0 Å². The summed E-state index contributed by atoms with van der Waals surface area (Å²) in [5, 5.41) is 7.89. The fraction of sp³-hybridized carbons (Fsp3) is 0.308. The van der Waals surface area contributed by atoms with Gasteiger partial charge >= 0.3 is 12.1 Å². The second-order valence-corrected chi connectivity index (χ2v) is 4.56. The predicted molar refractivity (Wildman–Crippen MR) is 76.5 cm³/mol. The molecule has 0 aromatic heterocycles. The third-order valence-corrected chi connectivity index (χ3v) is 2.87. The van der Waals surface area contributed by atoms with Crippen LogP contribution in [0.2, 0.25) is 5.02 Å². The number of carboxylic acids is 1. The van der Waals surface area contributed by atoms with Gasteiger partial charge in [0.15, 0.2) is 0 Å². The van der Waals surface area contributed by atoms with E-state index in [1.807, 2.05) is 24.3 Å². The van der Waals surface area contributed by atoms with Crippen molar-refractivity contribution in [3.05, 3.63) is 46.0 Å². The lowest BCUT2D eigenvalue weighted by Gasteiger charge is -2.03. The molecule has 1 aromatic rings. The van der Waals surface area contributed by atoms with Gasteiger partial charge in [0.1, 0.15) is 0 Å². The fourth-order valence-electron chi connectivity index (χ4n) is 1.16. The van der Waals surface area contributed by atoms with Crippen molar-refractivity contribution in [2.45, 2.75) is 19.0 Å². The van der Waals surface area contributed by atoms with Crippen molar-refractivity contribution < 1.29 is 23.1 Å². The number of hydrogen-bond donors (Lipinski definition) is 2. The zero-order chi connectivity index (χ0) is 16.5. The number of hydrogen-bond acceptors (Lipinski definition) is 2. The number of halogens is 5. The van der Waals surface area contributed by atoms with E-state index in [0.717, 1.165) is 23.4 Å². The van der Waals surface area contributed by atoms with Crippen molar-refractivity contribution in [3.8, 4) is 0 Å². The van der Waals surface area contributed by atoms with Crippen molar-refractivity contribution in [3.63, 3.8) is 0 Å². The lowest BCUT2D eigenvalue weighted by molar-refractivity contribution is -0.192. The molecule has 3 N–H and O–H groups in total. The minimum atomic E-state index is -5.08. The van der Waals surface area contributed by atoms with Gasteiger partial charge in [-0.1, -0.05) is 35.3 Å². The SMILES string of the molecule is NC/C(=C/Cl)CCc1ccc(Cl)cc1.O=C(O)C(F)(F)F. The first-order chi connectivity index (χ1) is 9.70.